The molecule has 0 aromatic heterocycles. The molecule has 0 saturated heterocycles. The van der Waals surface area contributed by atoms with Crippen molar-refractivity contribution in [1.82, 2.24) is 0 Å². The fraction of sp³-hybridized carbons (Fsp3) is 0.500. The molecule has 1 N–H and O–H groups in total. The Bertz CT molecular complexity index is 489. The molecule has 1 aromatic rings. The summed E-state index contributed by atoms with van der Waals surface area (Å²) in [6, 6.07) is 5.01. The van der Waals surface area contributed by atoms with Crippen molar-refractivity contribution in [2.45, 2.75) is 26.7 Å². The summed E-state index contributed by atoms with van der Waals surface area (Å²) in [6.07, 6.45) is 1.40. The van der Waals surface area contributed by atoms with Crippen molar-refractivity contribution in [3.8, 4) is 11.5 Å². The maximum absolute atomic E-state index is 11.8. The highest BCUT2D eigenvalue weighted by atomic mass is 16.5. The highest BCUT2D eigenvalue weighted by molar-refractivity contribution is 5.93. The van der Waals surface area contributed by atoms with Crippen molar-refractivity contribution in [2.24, 2.45) is 5.92 Å². The van der Waals surface area contributed by atoms with Gasteiger partial charge in [-0.1, -0.05) is 13.8 Å². The third-order valence-electron chi connectivity index (χ3n) is 3.30. The Balaban J connectivity index is 2.60. The zero-order chi connectivity index (χ0) is 16.5. The Hall–Kier alpha value is -2.24. The summed E-state index contributed by atoms with van der Waals surface area (Å²) in [5.41, 5.74) is 0.514. The van der Waals surface area contributed by atoms with Gasteiger partial charge in [-0.2, -0.15) is 0 Å². The molecule has 0 aliphatic heterocycles. The van der Waals surface area contributed by atoms with E-state index in [2.05, 4.69) is 5.32 Å². The fourth-order valence-electron chi connectivity index (χ4n) is 1.95. The molecular weight excluding hydrogens is 286 g/mol. The number of nitrogens with one attached hydrogen (secondary N) is 1. The molecule has 0 saturated carbocycles. The molecule has 0 heterocycles. The lowest BCUT2D eigenvalue weighted by atomic mass is 10.0. The number of hydrogen-bond donors (Lipinski definition) is 1. The number of carbonyl (C=O) groups is 2. The average Bonchev–Trinajstić information content (AvgIpc) is 2.53. The molecule has 0 fully saturated rings. The van der Waals surface area contributed by atoms with Gasteiger partial charge in [0.15, 0.2) is 6.61 Å². The van der Waals surface area contributed by atoms with Crippen LogP contribution in [0.3, 0.4) is 0 Å². The van der Waals surface area contributed by atoms with Crippen molar-refractivity contribution in [3.05, 3.63) is 18.2 Å². The van der Waals surface area contributed by atoms with Crippen LogP contribution in [-0.4, -0.2) is 32.7 Å². The van der Waals surface area contributed by atoms with Crippen molar-refractivity contribution in [2.75, 3.05) is 26.1 Å². The molecule has 22 heavy (non-hydrogen) atoms. The first-order valence-electron chi connectivity index (χ1n) is 7.23. The molecule has 0 spiro atoms. The zero-order valence-electron chi connectivity index (χ0n) is 13.5. The Morgan fingerprint density at radius 1 is 1.05 bits per heavy atom. The first kappa shape index (κ1) is 17.8. The van der Waals surface area contributed by atoms with E-state index >= 15 is 0 Å². The minimum atomic E-state index is -0.408. The van der Waals surface area contributed by atoms with Crippen LogP contribution in [0.5, 0.6) is 11.5 Å². The summed E-state index contributed by atoms with van der Waals surface area (Å²) < 4.78 is 15.3. The van der Waals surface area contributed by atoms with E-state index in [9.17, 15) is 9.59 Å². The van der Waals surface area contributed by atoms with Gasteiger partial charge < -0.3 is 19.5 Å². The summed E-state index contributed by atoms with van der Waals surface area (Å²) in [4.78, 5) is 23.6. The molecule has 122 valence electrons. The van der Waals surface area contributed by atoms with Gasteiger partial charge in [-0.25, -0.2) is 0 Å². The zero-order valence-corrected chi connectivity index (χ0v) is 13.5. The number of hydrogen-bond acceptors (Lipinski definition) is 5. The average molecular weight is 309 g/mol. The number of amides is 1. The third-order valence-corrected chi connectivity index (χ3v) is 3.30. The van der Waals surface area contributed by atoms with Crippen molar-refractivity contribution in [3.63, 3.8) is 0 Å². The number of esters is 1. The van der Waals surface area contributed by atoms with Gasteiger partial charge in [0, 0.05) is 23.9 Å². The number of methoxy groups -OCH3 is 2. The van der Waals surface area contributed by atoms with Crippen LogP contribution >= 0.6 is 0 Å². The highest BCUT2D eigenvalue weighted by Gasteiger charge is 2.17. The Morgan fingerprint density at radius 3 is 2.05 bits per heavy atom. The predicted octanol–water partition coefficient (Wildman–Crippen LogP) is 2.62. The molecule has 0 unspecified atom stereocenters. The quantitative estimate of drug-likeness (QED) is 0.747. The second-order valence-corrected chi connectivity index (χ2v) is 4.77. The van der Waals surface area contributed by atoms with E-state index in [1.165, 1.54) is 14.2 Å². The van der Waals surface area contributed by atoms with E-state index in [4.69, 9.17) is 14.2 Å². The van der Waals surface area contributed by atoms with Gasteiger partial charge in [-0.3, -0.25) is 9.59 Å². The van der Waals surface area contributed by atoms with Crippen LogP contribution in [0.15, 0.2) is 18.2 Å². The Labute approximate surface area is 130 Å². The first-order valence-corrected chi connectivity index (χ1v) is 7.23. The number of ether oxygens (including phenoxy) is 3. The lowest BCUT2D eigenvalue weighted by molar-refractivity contribution is -0.151. The Morgan fingerprint density at radius 2 is 1.59 bits per heavy atom. The van der Waals surface area contributed by atoms with Gasteiger partial charge in [-0.15, -0.1) is 0 Å². The van der Waals surface area contributed by atoms with Crippen LogP contribution in [0.25, 0.3) is 0 Å². The fourth-order valence-corrected chi connectivity index (χ4v) is 1.95. The van der Waals surface area contributed by atoms with Crippen LogP contribution in [0.1, 0.15) is 26.7 Å². The van der Waals surface area contributed by atoms with Crippen molar-refractivity contribution >= 4 is 17.6 Å². The maximum Gasteiger partial charge on any atom is 0.309 e. The van der Waals surface area contributed by atoms with E-state index in [1.54, 1.807) is 18.2 Å². The normalized spacial score (nSPS) is 10.2. The maximum atomic E-state index is 11.8. The molecule has 0 radical (unpaired) electrons. The molecule has 0 atom stereocenters. The van der Waals surface area contributed by atoms with Crippen LogP contribution in [0.2, 0.25) is 0 Å². The van der Waals surface area contributed by atoms with Crippen LogP contribution in [-0.2, 0) is 14.3 Å². The topological polar surface area (TPSA) is 73.9 Å². The second-order valence-electron chi connectivity index (χ2n) is 4.77. The lowest BCUT2D eigenvalue weighted by Gasteiger charge is -2.12. The number of rotatable bonds is 8. The molecule has 6 heteroatoms. The molecule has 0 aliphatic carbocycles. The van der Waals surface area contributed by atoms with Gasteiger partial charge >= 0.3 is 5.97 Å². The smallest absolute Gasteiger partial charge is 0.309 e. The van der Waals surface area contributed by atoms with Crippen LogP contribution in [0.4, 0.5) is 5.69 Å². The summed E-state index contributed by atoms with van der Waals surface area (Å²) in [6.45, 7) is 3.52. The minimum Gasteiger partial charge on any atom is -0.497 e. The van der Waals surface area contributed by atoms with Gasteiger partial charge in [0.05, 0.1) is 20.1 Å². The summed E-state index contributed by atoms with van der Waals surface area (Å²) in [5.74, 6) is 0.204. The van der Waals surface area contributed by atoms with E-state index in [1.807, 2.05) is 13.8 Å². The summed E-state index contributed by atoms with van der Waals surface area (Å²) in [5, 5.41) is 2.65. The first-order chi connectivity index (χ1) is 10.5. The molecule has 1 aromatic carbocycles. The minimum absolute atomic E-state index is 0.162. The summed E-state index contributed by atoms with van der Waals surface area (Å²) >= 11 is 0. The van der Waals surface area contributed by atoms with E-state index in [0.29, 0.717) is 30.0 Å². The largest absolute Gasteiger partial charge is 0.497 e. The van der Waals surface area contributed by atoms with Gasteiger partial charge in [-0.05, 0) is 12.8 Å². The Kier molecular flexibility index (Phi) is 7.22. The molecular formula is C16H23NO5. The van der Waals surface area contributed by atoms with Crippen molar-refractivity contribution < 1.29 is 23.8 Å². The number of carbonyl (C=O) groups excluding carboxylic acids is 2. The molecule has 0 aliphatic rings. The van der Waals surface area contributed by atoms with E-state index < -0.39 is 5.91 Å². The number of anilines is 1. The molecule has 0 bridgehead atoms. The SMILES string of the molecule is CCC(CC)C(=O)OCC(=O)Nc1cc(OC)cc(OC)c1. The highest BCUT2D eigenvalue weighted by Crippen LogP contribution is 2.25. The monoisotopic (exact) mass is 309 g/mol. The lowest BCUT2D eigenvalue weighted by Crippen LogP contribution is -2.24. The molecule has 1 rings (SSSR count). The second kappa shape index (κ2) is 8.92. The standard InChI is InChI=1S/C16H23NO5/c1-5-11(6-2)16(19)22-10-15(18)17-12-7-13(20-3)9-14(8-12)21-4/h7-9,11H,5-6,10H2,1-4H3,(H,17,18). The molecule has 1 amide bonds. The van der Waals surface area contributed by atoms with Gasteiger partial charge in [0.25, 0.3) is 5.91 Å². The van der Waals surface area contributed by atoms with E-state index in [0.717, 1.165) is 0 Å². The third kappa shape index (κ3) is 5.27. The molecule has 6 nitrogen and oxygen atoms in total. The summed E-state index contributed by atoms with van der Waals surface area (Å²) in [7, 11) is 3.05. The van der Waals surface area contributed by atoms with Gasteiger partial charge in [0.2, 0.25) is 0 Å². The van der Waals surface area contributed by atoms with Gasteiger partial charge in [0.1, 0.15) is 11.5 Å². The predicted molar refractivity (Wildman–Crippen MR) is 83.2 cm³/mol. The van der Waals surface area contributed by atoms with Crippen molar-refractivity contribution in [1.29, 1.82) is 0 Å². The number of benzene rings is 1. The van der Waals surface area contributed by atoms with E-state index in [-0.39, 0.29) is 18.5 Å². The van der Waals surface area contributed by atoms with Crippen LogP contribution < -0.4 is 14.8 Å². The van der Waals surface area contributed by atoms with Crippen LogP contribution in [0, 0.1) is 5.92 Å².